The van der Waals surface area contributed by atoms with Gasteiger partial charge in [-0.15, -0.1) is 0 Å². The molecule has 1 fully saturated rings. The molecule has 3 nitrogen and oxygen atoms in total. The highest BCUT2D eigenvalue weighted by Crippen LogP contribution is 2.26. The molecule has 0 bridgehead atoms. The number of hydrogen-bond donors (Lipinski definition) is 2. The topological polar surface area (TPSA) is 41.1 Å². The lowest BCUT2D eigenvalue weighted by Crippen LogP contribution is -2.13. The van der Waals surface area contributed by atoms with Crippen LogP contribution in [0.25, 0.3) is 0 Å². The van der Waals surface area contributed by atoms with Crippen molar-refractivity contribution in [1.29, 1.82) is 0 Å². The van der Waals surface area contributed by atoms with E-state index in [-0.39, 0.29) is 5.91 Å². The molecule has 0 aromatic rings. The number of amides is 1. The van der Waals surface area contributed by atoms with Crippen LogP contribution in [0.2, 0.25) is 0 Å². The van der Waals surface area contributed by atoms with Crippen molar-refractivity contribution < 1.29 is 4.79 Å². The van der Waals surface area contributed by atoms with Gasteiger partial charge in [-0.2, -0.15) is 0 Å². The van der Waals surface area contributed by atoms with E-state index in [9.17, 15) is 4.79 Å². The SMILES string of the molecule is C=C/C=C(/C=C1\C(=O)NC(=C\C)\C1=C/C=C)NC=C. The highest BCUT2D eigenvalue weighted by Gasteiger charge is 2.26. The fourth-order valence-electron chi connectivity index (χ4n) is 1.73. The van der Waals surface area contributed by atoms with Gasteiger partial charge in [0.05, 0.1) is 5.57 Å². The first-order valence-electron chi connectivity index (χ1n) is 5.90. The second kappa shape index (κ2) is 7.01. The molecule has 0 radical (unpaired) electrons. The van der Waals surface area contributed by atoms with Crippen LogP contribution < -0.4 is 10.6 Å². The molecule has 1 amide bonds. The molecular weight excluding hydrogens is 236 g/mol. The molecule has 0 unspecified atom stereocenters. The number of rotatable bonds is 5. The summed E-state index contributed by atoms with van der Waals surface area (Å²) in [6.45, 7) is 12.8. The fourth-order valence-corrected chi connectivity index (χ4v) is 1.73. The van der Waals surface area contributed by atoms with Crippen LogP contribution in [0.15, 0.2) is 84.9 Å². The summed E-state index contributed by atoms with van der Waals surface area (Å²) in [6.07, 6.45) is 12.0. The molecule has 0 aromatic heterocycles. The van der Waals surface area contributed by atoms with Gasteiger partial charge in [0.15, 0.2) is 0 Å². The number of hydrogen-bond acceptors (Lipinski definition) is 2. The van der Waals surface area contributed by atoms with Gasteiger partial charge in [-0.1, -0.05) is 44.0 Å². The summed E-state index contributed by atoms with van der Waals surface area (Å²) in [7, 11) is 0. The minimum absolute atomic E-state index is 0.137. The van der Waals surface area contributed by atoms with Crippen molar-refractivity contribution in [3.8, 4) is 0 Å². The predicted octanol–water partition coefficient (Wildman–Crippen LogP) is 2.86. The zero-order valence-corrected chi connectivity index (χ0v) is 11.1. The molecule has 0 atom stereocenters. The lowest BCUT2D eigenvalue weighted by molar-refractivity contribution is -0.115. The zero-order valence-electron chi connectivity index (χ0n) is 11.1. The molecule has 1 aliphatic rings. The van der Waals surface area contributed by atoms with E-state index in [2.05, 4.69) is 30.4 Å². The van der Waals surface area contributed by atoms with Crippen LogP contribution in [0.3, 0.4) is 0 Å². The van der Waals surface area contributed by atoms with E-state index in [0.29, 0.717) is 5.57 Å². The quantitative estimate of drug-likeness (QED) is 0.585. The predicted molar refractivity (Wildman–Crippen MR) is 79.9 cm³/mol. The van der Waals surface area contributed by atoms with Gasteiger partial charge >= 0.3 is 0 Å². The van der Waals surface area contributed by atoms with E-state index in [1.807, 2.05) is 13.0 Å². The molecule has 0 aliphatic carbocycles. The van der Waals surface area contributed by atoms with E-state index >= 15 is 0 Å². The molecular formula is C16H18N2O. The third-order valence-corrected chi connectivity index (χ3v) is 2.51. The number of carbonyl (C=O) groups excluding carboxylic acids is 1. The Morgan fingerprint density at radius 3 is 2.47 bits per heavy atom. The summed E-state index contributed by atoms with van der Waals surface area (Å²) in [4.78, 5) is 12.0. The van der Waals surface area contributed by atoms with Gasteiger partial charge in [0.1, 0.15) is 0 Å². The van der Waals surface area contributed by atoms with E-state index < -0.39 is 0 Å². The van der Waals surface area contributed by atoms with Crippen molar-refractivity contribution >= 4 is 5.91 Å². The summed E-state index contributed by atoms with van der Waals surface area (Å²) < 4.78 is 0. The number of carbonyl (C=O) groups is 1. The molecule has 3 heteroatoms. The monoisotopic (exact) mass is 254 g/mol. The second-order valence-corrected chi connectivity index (χ2v) is 3.74. The van der Waals surface area contributed by atoms with E-state index in [1.165, 1.54) is 0 Å². The molecule has 1 rings (SSSR count). The molecule has 0 spiro atoms. The Bertz CT molecular complexity index is 531. The van der Waals surface area contributed by atoms with Gasteiger partial charge < -0.3 is 10.6 Å². The lowest BCUT2D eigenvalue weighted by atomic mass is 10.0. The normalized spacial score (nSPS) is 21.6. The van der Waals surface area contributed by atoms with Crippen LogP contribution in [0.5, 0.6) is 0 Å². The number of allylic oxidation sites excluding steroid dienone is 7. The Balaban J connectivity index is 3.28. The van der Waals surface area contributed by atoms with Crippen LogP contribution in [0, 0.1) is 0 Å². The Kier molecular flexibility index (Phi) is 5.35. The van der Waals surface area contributed by atoms with Gasteiger partial charge in [0.25, 0.3) is 5.91 Å². The first-order valence-corrected chi connectivity index (χ1v) is 5.90. The third kappa shape index (κ3) is 3.45. The molecule has 2 N–H and O–H groups in total. The molecule has 1 heterocycles. The smallest absolute Gasteiger partial charge is 0.256 e. The fraction of sp³-hybridized carbons (Fsp3) is 0.0625. The van der Waals surface area contributed by atoms with Gasteiger partial charge in [-0.3, -0.25) is 4.79 Å². The van der Waals surface area contributed by atoms with Crippen LogP contribution >= 0.6 is 0 Å². The van der Waals surface area contributed by atoms with Gasteiger partial charge in [-0.05, 0) is 25.3 Å². The summed E-state index contributed by atoms with van der Waals surface area (Å²) in [6, 6.07) is 0. The van der Waals surface area contributed by atoms with E-state index in [4.69, 9.17) is 0 Å². The van der Waals surface area contributed by atoms with Crippen LogP contribution in [-0.4, -0.2) is 5.91 Å². The number of nitrogens with one attached hydrogen (secondary N) is 2. The standard InChI is InChI=1S/C16H18N2O/c1-5-9-12(17-8-4)11-14-13(10-6-2)15(7-3)18-16(14)19/h5-11,17H,1-2,4H2,3H3,(H,18,19)/b12-9-,13-10-,14-11-,15-7+. The van der Waals surface area contributed by atoms with Crippen molar-refractivity contribution in [1.82, 2.24) is 10.6 Å². The van der Waals surface area contributed by atoms with Crippen molar-refractivity contribution in [2.75, 3.05) is 0 Å². The second-order valence-electron chi connectivity index (χ2n) is 3.74. The largest absolute Gasteiger partial charge is 0.362 e. The Hall–Kier alpha value is -2.55. The Labute approximate surface area is 114 Å². The van der Waals surface area contributed by atoms with Gasteiger partial charge in [-0.25, -0.2) is 0 Å². The van der Waals surface area contributed by atoms with E-state index in [0.717, 1.165) is 17.0 Å². The van der Waals surface area contributed by atoms with Crippen LogP contribution in [0.4, 0.5) is 0 Å². The summed E-state index contributed by atoms with van der Waals surface area (Å²) in [5.41, 5.74) is 2.92. The maximum absolute atomic E-state index is 12.0. The summed E-state index contributed by atoms with van der Waals surface area (Å²) in [5.74, 6) is -0.137. The zero-order chi connectivity index (χ0) is 14.3. The molecule has 98 valence electrons. The maximum atomic E-state index is 12.0. The molecule has 0 aromatic carbocycles. The molecule has 19 heavy (non-hydrogen) atoms. The van der Waals surface area contributed by atoms with Crippen LogP contribution in [0.1, 0.15) is 6.92 Å². The average Bonchev–Trinajstić information content (AvgIpc) is 2.68. The summed E-state index contributed by atoms with van der Waals surface area (Å²) >= 11 is 0. The van der Waals surface area contributed by atoms with Crippen molar-refractivity contribution in [2.24, 2.45) is 0 Å². The molecule has 0 saturated carbocycles. The maximum Gasteiger partial charge on any atom is 0.256 e. The van der Waals surface area contributed by atoms with Gasteiger partial charge in [0.2, 0.25) is 0 Å². The third-order valence-electron chi connectivity index (χ3n) is 2.51. The molecule has 1 aliphatic heterocycles. The highest BCUT2D eigenvalue weighted by atomic mass is 16.2. The van der Waals surface area contributed by atoms with Crippen molar-refractivity contribution in [3.05, 3.63) is 84.9 Å². The molecule has 1 saturated heterocycles. The van der Waals surface area contributed by atoms with Crippen LogP contribution in [-0.2, 0) is 4.79 Å². The Morgan fingerprint density at radius 1 is 1.21 bits per heavy atom. The Morgan fingerprint density at radius 2 is 1.95 bits per heavy atom. The average molecular weight is 254 g/mol. The first-order chi connectivity index (χ1) is 9.17. The summed E-state index contributed by atoms with van der Waals surface area (Å²) in [5, 5.41) is 5.76. The van der Waals surface area contributed by atoms with E-state index in [1.54, 1.807) is 36.6 Å². The first kappa shape index (κ1) is 14.5. The van der Waals surface area contributed by atoms with Gasteiger partial charge in [0, 0.05) is 17.0 Å². The highest BCUT2D eigenvalue weighted by molar-refractivity contribution is 6.05. The minimum Gasteiger partial charge on any atom is -0.362 e. The van der Waals surface area contributed by atoms with Crippen molar-refractivity contribution in [2.45, 2.75) is 6.92 Å². The van der Waals surface area contributed by atoms with Crippen molar-refractivity contribution in [3.63, 3.8) is 0 Å². The lowest BCUT2D eigenvalue weighted by Gasteiger charge is -2.03. The minimum atomic E-state index is -0.137.